The van der Waals surface area contributed by atoms with Gasteiger partial charge in [0.2, 0.25) is 0 Å². The van der Waals surface area contributed by atoms with E-state index in [1.165, 1.54) is 0 Å². The highest BCUT2D eigenvalue weighted by Crippen LogP contribution is 2.11. The molecule has 0 amide bonds. The molecule has 0 heterocycles. The van der Waals surface area contributed by atoms with Crippen molar-refractivity contribution in [2.24, 2.45) is 31.1 Å². The summed E-state index contributed by atoms with van der Waals surface area (Å²) in [5, 5.41) is 21.4. The minimum atomic E-state index is 0.705. The smallest absolute Gasteiger partial charge is 0.0875 e. The minimum absolute atomic E-state index is 0.705. The second-order valence-electron chi connectivity index (χ2n) is 3.23. The molecule has 2 aromatic rings. The Morgan fingerprint density at radius 3 is 1.22 bits per heavy atom. The Morgan fingerprint density at radius 1 is 0.444 bits per heavy atom. The van der Waals surface area contributed by atoms with Crippen LogP contribution < -0.4 is 0 Å². The molecule has 0 spiro atoms. The fourth-order valence-corrected chi connectivity index (χ4v) is 1.17. The van der Waals surface area contributed by atoms with Crippen molar-refractivity contribution in [3.05, 3.63) is 60.7 Å². The first-order valence-corrected chi connectivity index (χ1v) is 5.27. The molecule has 6 nitrogen and oxygen atoms in total. The van der Waals surface area contributed by atoms with Gasteiger partial charge in [-0.25, -0.2) is 0 Å². The summed E-state index contributed by atoms with van der Waals surface area (Å²) in [5.41, 5.74) is 1.41. The van der Waals surface area contributed by atoms with Crippen LogP contribution in [0.25, 0.3) is 0 Å². The van der Waals surface area contributed by atoms with Gasteiger partial charge < -0.3 is 0 Å². The molecule has 0 bridgehead atoms. The summed E-state index contributed by atoms with van der Waals surface area (Å²) >= 11 is 0. The average molecular weight is 238 g/mol. The van der Waals surface area contributed by atoms with E-state index in [1.807, 2.05) is 60.7 Å². The van der Waals surface area contributed by atoms with Crippen molar-refractivity contribution in [2.75, 3.05) is 0 Å². The molecule has 0 unspecified atom stereocenters. The Bertz CT molecular complexity index is 496. The van der Waals surface area contributed by atoms with Crippen molar-refractivity contribution in [1.82, 2.24) is 0 Å². The number of rotatable bonds is 4. The van der Waals surface area contributed by atoms with E-state index < -0.39 is 0 Å². The van der Waals surface area contributed by atoms with Crippen molar-refractivity contribution in [3.63, 3.8) is 0 Å². The molecule has 2 aromatic carbocycles. The number of nitrogens with zero attached hydrogens (tertiary/aromatic N) is 6. The van der Waals surface area contributed by atoms with Crippen LogP contribution in [0.15, 0.2) is 91.8 Å². The molecule has 0 fully saturated rings. The molecule has 0 aliphatic rings. The lowest BCUT2D eigenvalue weighted by Gasteiger charge is -1.86. The standard InChI is InChI=1S/C12H10N6/c1-3-7-11(8-4-1)13-15-17-18-16-14-12-9-5-2-6-10-12/h1-10H/b15-13?,16-14?,18-17+. The van der Waals surface area contributed by atoms with Crippen LogP contribution in [0.4, 0.5) is 11.4 Å². The van der Waals surface area contributed by atoms with Crippen LogP contribution in [0.1, 0.15) is 0 Å². The van der Waals surface area contributed by atoms with Gasteiger partial charge in [-0.2, -0.15) is 0 Å². The highest BCUT2D eigenvalue weighted by Gasteiger charge is 1.84. The topological polar surface area (TPSA) is 74.2 Å². The van der Waals surface area contributed by atoms with E-state index in [2.05, 4.69) is 31.1 Å². The summed E-state index contributed by atoms with van der Waals surface area (Å²) in [6.07, 6.45) is 0. The molecule has 0 radical (unpaired) electrons. The monoisotopic (exact) mass is 238 g/mol. The first-order valence-electron chi connectivity index (χ1n) is 5.27. The summed E-state index contributed by atoms with van der Waals surface area (Å²) in [7, 11) is 0. The molecule has 18 heavy (non-hydrogen) atoms. The van der Waals surface area contributed by atoms with Crippen molar-refractivity contribution in [1.29, 1.82) is 0 Å². The molecule has 0 aliphatic carbocycles. The molecule has 0 aliphatic heterocycles. The zero-order chi connectivity index (χ0) is 12.5. The molecule has 2 rings (SSSR count). The van der Waals surface area contributed by atoms with Gasteiger partial charge in [-0.05, 0) is 45.2 Å². The van der Waals surface area contributed by atoms with E-state index >= 15 is 0 Å². The number of hydrogen-bond acceptors (Lipinski definition) is 2. The maximum Gasteiger partial charge on any atom is 0.0875 e. The van der Waals surface area contributed by atoms with Crippen LogP contribution in [0.5, 0.6) is 0 Å². The summed E-state index contributed by atoms with van der Waals surface area (Å²) in [4.78, 5) is 0. The van der Waals surface area contributed by atoms with Crippen molar-refractivity contribution in [2.45, 2.75) is 0 Å². The maximum absolute atomic E-state index is 3.81. The van der Waals surface area contributed by atoms with Gasteiger partial charge in [-0.3, -0.25) is 0 Å². The minimum Gasteiger partial charge on any atom is -0.129 e. The Labute approximate surface area is 104 Å². The van der Waals surface area contributed by atoms with Gasteiger partial charge in [0.1, 0.15) is 0 Å². The molecule has 0 saturated heterocycles. The lowest BCUT2D eigenvalue weighted by Crippen LogP contribution is -1.60. The van der Waals surface area contributed by atoms with E-state index in [4.69, 9.17) is 0 Å². The Hall–Kier alpha value is -2.76. The van der Waals surface area contributed by atoms with Crippen LogP contribution in [0.2, 0.25) is 0 Å². The largest absolute Gasteiger partial charge is 0.129 e. The van der Waals surface area contributed by atoms with Crippen LogP contribution in [-0.4, -0.2) is 0 Å². The molecule has 0 atom stereocenters. The van der Waals surface area contributed by atoms with Gasteiger partial charge >= 0.3 is 0 Å². The first kappa shape index (κ1) is 11.7. The van der Waals surface area contributed by atoms with Gasteiger partial charge in [0.25, 0.3) is 0 Å². The molecular formula is C12H10N6. The van der Waals surface area contributed by atoms with E-state index in [-0.39, 0.29) is 0 Å². The summed E-state index contributed by atoms with van der Waals surface area (Å²) in [6, 6.07) is 18.5. The fraction of sp³-hybridized carbons (Fsp3) is 0. The third-order valence-electron chi connectivity index (χ3n) is 1.95. The zero-order valence-electron chi connectivity index (χ0n) is 9.46. The van der Waals surface area contributed by atoms with Crippen LogP contribution in [0, 0.1) is 0 Å². The Kier molecular flexibility index (Phi) is 4.39. The third-order valence-corrected chi connectivity index (χ3v) is 1.95. The Morgan fingerprint density at radius 2 is 0.833 bits per heavy atom. The fourth-order valence-electron chi connectivity index (χ4n) is 1.17. The van der Waals surface area contributed by atoms with Crippen LogP contribution in [-0.2, 0) is 0 Å². The summed E-state index contributed by atoms with van der Waals surface area (Å²) in [6.45, 7) is 0. The number of hydrogen-bond donors (Lipinski definition) is 0. The van der Waals surface area contributed by atoms with Gasteiger partial charge in [0.05, 0.1) is 11.4 Å². The Balaban J connectivity index is 1.86. The highest BCUT2D eigenvalue weighted by molar-refractivity contribution is 5.35. The SMILES string of the molecule is c1ccc(N=N/N=N/N=Nc2ccccc2)cc1. The number of benzene rings is 2. The normalized spacial score (nSPS) is 11.8. The van der Waals surface area contributed by atoms with Crippen molar-refractivity contribution in [3.8, 4) is 0 Å². The van der Waals surface area contributed by atoms with Crippen LogP contribution in [0.3, 0.4) is 0 Å². The molecular weight excluding hydrogens is 228 g/mol. The molecule has 0 aromatic heterocycles. The average Bonchev–Trinajstić information content (AvgIpc) is 2.45. The van der Waals surface area contributed by atoms with E-state index in [0.29, 0.717) is 11.4 Å². The van der Waals surface area contributed by atoms with Crippen molar-refractivity contribution >= 4 is 11.4 Å². The van der Waals surface area contributed by atoms with E-state index in [1.54, 1.807) is 0 Å². The van der Waals surface area contributed by atoms with Gasteiger partial charge in [-0.15, -0.1) is 10.2 Å². The predicted molar refractivity (Wildman–Crippen MR) is 66.8 cm³/mol. The quantitative estimate of drug-likeness (QED) is 0.540. The second kappa shape index (κ2) is 6.74. The highest BCUT2D eigenvalue weighted by atomic mass is 15.6. The summed E-state index contributed by atoms with van der Waals surface area (Å²) in [5.74, 6) is 0. The van der Waals surface area contributed by atoms with Gasteiger partial charge in [-0.1, -0.05) is 36.4 Å². The second-order valence-corrected chi connectivity index (χ2v) is 3.23. The van der Waals surface area contributed by atoms with E-state index in [0.717, 1.165) is 0 Å². The van der Waals surface area contributed by atoms with Crippen molar-refractivity contribution < 1.29 is 0 Å². The third kappa shape index (κ3) is 4.01. The summed E-state index contributed by atoms with van der Waals surface area (Å²) < 4.78 is 0. The molecule has 0 N–H and O–H groups in total. The van der Waals surface area contributed by atoms with Crippen LogP contribution >= 0.6 is 0 Å². The molecule has 88 valence electrons. The van der Waals surface area contributed by atoms with Gasteiger partial charge in [0, 0.05) is 0 Å². The molecule has 0 saturated carbocycles. The maximum atomic E-state index is 3.81. The lowest BCUT2D eigenvalue weighted by molar-refractivity contribution is 0.855. The predicted octanol–water partition coefficient (Wildman–Crippen LogP) is 4.84. The van der Waals surface area contributed by atoms with E-state index in [9.17, 15) is 0 Å². The molecule has 6 heteroatoms. The zero-order valence-corrected chi connectivity index (χ0v) is 9.46. The first-order chi connectivity index (χ1) is 8.95. The lowest BCUT2D eigenvalue weighted by atomic mass is 10.3. The van der Waals surface area contributed by atoms with Gasteiger partial charge in [0.15, 0.2) is 0 Å².